The number of ketones is 1. The Labute approximate surface area is 86.0 Å². The van der Waals surface area contributed by atoms with Crippen molar-refractivity contribution in [1.82, 2.24) is 0 Å². The summed E-state index contributed by atoms with van der Waals surface area (Å²) in [5.41, 5.74) is 0. The largest absolute Gasteiger partial charge is 0.381 e. The molecule has 80 valence electrons. The van der Waals surface area contributed by atoms with E-state index in [2.05, 4.69) is 0 Å². The fourth-order valence-electron chi connectivity index (χ4n) is 2.70. The molecule has 2 rings (SSSR count). The first-order valence-corrected chi connectivity index (χ1v) is 5.99. The average Bonchev–Trinajstić information content (AvgIpc) is 2.30. The molecule has 0 aromatic rings. The molecule has 0 amide bonds. The summed E-state index contributed by atoms with van der Waals surface area (Å²) in [5.74, 6) is 1.27. The molecule has 2 heteroatoms. The molecule has 1 heterocycles. The molecule has 0 radical (unpaired) electrons. The van der Waals surface area contributed by atoms with E-state index >= 15 is 0 Å². The van der Waals surface area contributed by atoms with Gasteiger partial charge in [0, 0.05) is 25.0 Å². The van der Waals surface area contributed by atoms with Crippen molar-refractivity contribution in [2.45, 2.75) is 44.9 Å². The van der Waals surface area contributed by atoms with Gasteiger partial charge in [0.1, 0.15) is 5.78 Å². The van der Waals surface area contributed by atoms with Gasteiger partial charge in [-0.1, -0.05) is 19.3 Å². The van der Waals surface area contributed by atoms with E-state index in [1.165, 1.54) is 19.3 Å². The monoisotopic (exact) mass is 196 g/mol. The predicted octanol–water partition coefficient (Wildman–Crippen LogP) is 2.56. The molecule has 0 spiro atoms. The van der Waals surface area contributed by atoms with Crippen molar-refractivity contribution in [3.63, 3.8) is 0 Å². The molecular weight excluding hydrogens is 176 g/mol. The first kappa shape index (κ1) is 10.2. The van der Waals surface area contributed by atoms with Crippen molar-refractivity contribution in [2.24, 2.45) is 11.8 Å². The maximum atomic E-state index is 12.1. The second-order valence-electron chi connectivity index (χ2n) is 4.62. The molecule has 2 fully saturated rings. The van der Waals surface area contributed by atoms with Crippen LogP contribution in [0.25, 0.3) is 0 Å². The standard InChI is InChI=1S/C12H20O2/c13-12(10-4-2-1-3-5-10)11-6-8-14-9-7-11/h10-11H,1-9H2. The molecule has 1 saturated heterocycles. The zero-order valence-electron chi connectivity index (χ0n) is 8.84. The van der Waals surface area contributed by atoms with Crippen LogP contribution >= 0.6 is 0 Å². The van der Waals surface area contributed by atoms with E-state index in [-0.39, 0.29) is 0 Å². The van der Waals surface area contributed by atoms with Gasteiger partial charge in [-0.25, -0.2) is 0 Å². The fourth-order valence-corrected chi connectivity index (χ4v) is 2.70. The lowest BCUT2D eigenvalue weighted by molar-refractivity contribution is -0.130. The minimum absolute atomic E-state index is 0.326. The van der Waals surface area contributed by atoms with Crippen LogP contribution in [0.5, 0.6) is 0 Å². The Bertz CT molecular complexity index is 168. The predicted molar refractivity (Wildman–Crippen MR) is 55.1 cm³/mol. The molecule has 0 bridgehead atoms. The van der Waals surface area contributed by atoms with Crippen LogP contribution < -0.4 is 0 Å². The highest BCUT2D eigenvalue weighted by atomic mass is 16.5. The molecule has 14 heavy (non-hydrogen) atoms. The summed E-state index contributed by atoms with van der Waals surface area (Å²) >= 11 is 0. The molecule has 0 N–H and O–H groups in total. The van der Waals surface area contributed by atoms with Crippen molar-refractivity contribution in [1.29, 1.82) is 0 Å². The van der Waals surface area contributed by atoms with E-state index in [9.17, 15) is 4.79 Å². The Hall–Kier alpha value is -0.370. The van der Waals surface area contributed by atoms with Crippen LogP contribution in [0.2, 0.25) is 0 Å². The van der Waals surface area contributed by atoms with Crippen molar-refractivity contribution in [3.05, 3.63) is 0 Å². The molecule has 2 aliphatic rings. The second kappa shape index (κ2) is 4.92. The molecule has 2 nitrogen and oxygen atoms in total. The van der Waals surface area contributed by atoms with Crippen molar-refractivity contribution < 1.29 is 9.53 Å². The normalized spacial score (nSPS) is 26.3. The highest BCUT2D eigenvalue weighted by Crippen LogP contribution is 2.29. The van der Waals surface area contributed by atoms with Crippen molar-refractivity contribution in [2.75, 3.05) is 13.2 Å². The first-order chi connectivity index (χ1) is 6.88. The van der Waals surface area contributed by atoms with Gasteiger partial charge in [0.25, 0.3) is 0 Å². The molecule has 0 aromatic carbocycles. The Morgan fingerprint density at radius 2 is 1.43 bits per heavy atom. The summed E-state index contributed by atoms with van der Waals surface area (Å²) < 4.78 is 5.28. The molecule has 1 aliphatic carbocycles. The maximum absolute atomic E-state index is 12.1. The Morgan fingerprint density at radius 3 is 2.07 bits per heavy atom. The quantitative estimate of drug-likeness (QED) is 0.678. The number of ether oxygens (including phenoxy) is 1. The van der Waals surface area contributed by atoms with Gasteiger partial charge in [-0.2, -0.15) is 0 Å². The molecule has 0 aromatic heterocycles. The summed E-state index contributed by atoms with van der Waals surface area (Å²) in [6.07, 6.45) is 8.09. The van der Waals surface area contributed by atoms with Crippen LogP contribution in [-0.4, -0.2) is 19.0 Å². The lowest BCUT2D eigenvalue weighted by Crippen LogP contribution is -2.30. The Kier molecular flexibility index (Phi) is 3.57. The van der Waals surface area contributed by atoms with Gasteiger partial charge in [0.15, 0.2) is 0 Å². The second-order valence-corrected chi connectivity index (χ2v) is 4.62. The summed E-state index contributed by atoms with van der Waals surface area (Å²) in [5, 5.41) is 0. The third-order valence-corrected chi connectivity index (χ3v) is 3.63. The summed E-state index contributed by atoms with van der Waals surface area (Å²) in [6, 6.07) is 0. The zero-order chi connectivity index (χ0) is 9.80. The van der Waals surface area contributed by atoms with E-state index in [1.54, 1.807) is 0 Å². The Balaban J connectivity index is 1.85. The van der Waals surface area contributed by atoms with Gasteiger partial charge in [0.05, 0.1) is 0 Å². The molecule has 1 aliphatic heterocycles. The van der Waals surface area contributed by atoms with E-state index in [0.29, 0.717) is 17.6 Å². The number of hydrogen-bond acceptors (Lipinski definition) is 2. The number of carbonyl (C=O) groups excluding carboxylic acids is 1. The zero-order valence-corrected chi connectivity index (χ0v) is 8.84. The van der Waals surface area contributed by atoms with Crippen LogP contribution in [0.1, 0.15) is 44.9 Å². The van der Waals surface area contributed by atoms with Crippen LogP contribution in [0.15, 0.2) is 0 Å². The number of rotatable bonds is 2. The van der Waals surface area contributed by atoms with Gasteiger partial charge >= 0.3 is 0 Å². The topological polar surface area (TPSA) is 26.3 Å². The SMILES string of the molecule is O=C(C1CCCCC1)C1CCOCC1. The number of hydrogen-bond donors (Lipinski definition) is 0. The van der Waals surface area contributed by atoms with Crippen molar-refractivity contribution >= 4 is 5.78 Å². The molecule has 0 unspecified atom stereocenters. The van der Waals surface area contributed by atoms with Crippen LogP contribution in [0.3, 0.4) is 0 Å². The summed E-state index contributed by atoms with van der Waals surface area (Å²) in [7, 11) is 0. The lowest BCUT2D eigenvalue weighted by atomic mass is 9.79. The van der Waals surface area contributed by atoms with Crippen LogP contribution in [-0.2, 0) is 9.53 Å². The summed E-state index contributed by atoms with van der Waals surface area (Å²) in [6.45, 7) is 1.59. The van der Waals surface area contributed by atoms with Crippen LogP contribution in [0.4, 0.5) is 0 Å². The fraction of sp³-hybridized carbons (Fsp3) is 0.917. The molecule has 0 atom stereocenters. The molecule has 1 saturated carbocycles. The number of Topliss-reactive ketones (excluding diaryl/α,β-unsaturated/α-hetero) is 1. The third kappa shape index (κ3) is 2.35. The maximum Gasteiger partial charge on any atom is 0.139 e. The highest BCUT2D eigenvalue weighted by Gasteiger charge is 2.29. The van der Waals surface area contributed by atoms with Crippen molar-refractivity contribution in [3.8, 4) is 0 Å². The van der Waals surface area contributed by atoms with Gasteiger partial charge in [-0.05, 0) is 25.7 Å². The van der Waals surface area contributed by atoms with Gasteiger partial charge in [-0.15, -0.1) is 0 Å². The van der Waals surface area contributed by atoms with Gasteiger partial charge in [-0.3, -0.25) is 4.79 Å². The Morgan fingerprint density at radius 1 is 0.857 bits per heavy atom. The smallest absolute Gasteiger partial charge is 0.139 e. The van der Waals surface area contributed by atoms with Crippen LogP contribution in [0, 0.1) is 11.8 Å². The highest BCUT2D eigenvalue weighted by molar-refractivity contribution is 5.83. The molecular formula is C12H20O2. The van der Waals surface area contributed by atoms with E-state index in [4.69, 9.17) is 4.74 Å². The van der Waals surface area contributed by atoms with E-state index in [1.807, 2.05) is 0 Å². The van der Waals surface area contributed by atoms with Gasteiger partial charge in [0.2, 0.25) is 0 Å². The number of carbonyl (C=O) groups is 1. The minimum Gasteiger partial charge on any atom is -0.381 e. The summed E-state index contributed by atoms with van der Waals surface area (Å²) in [4.78, 5) is 12.1. The minimum atomic E-state index is 0.326. The van der Waals surface area contributed by atoms with E-state index < -0.39 is 0 Å². The average molecular weight is 196 g/mol. The first-order valence-electron chi connectivity index (χ1n) is 5.99. The lowest BCUT2D eigenvalue weighted by Gasteiger charge is -2.27. The van der Waals surface area contributed by atoms with E-state index in [0.717, 1.165) is 38.9 Å². The van der Waals surface area contributed by atoms with Gasteiger partial charge < -0.3 is 4.74 Å². The third-order valence-electron chi connectivity index (χ3n) is 3.63.